The molecule has 0 saturated heterocycles. The van der Waals surface area contributed by atoms with Gasteiger partial charge >= 0.3 is 0 Å². The Balaban J connectivity index is 2.44. The maximum Gasteiger partial charge on any atom is 0.135 e. The van der Waals surface area contributed by atoms with Crippen LogP contribution in [0.1, 0.15) is 18.9 Å². The lowest BCUT2D eigenvalue weighted by Crippen LogP contribution is -2.28. The molecule has 1 aromatic heterocycles. The van der Waals surface area contributed by atoms with Gasteiger partial charge in [-0.3, -0.25) is 0 Å². The fourth-order valence-corrected chi connectivity index (χ4v) is 2.18. The lowest BCUT2D eigenvalue weighted by Gasteiger charge is -2.30. The van der Waals surface area contributed by atoms with E-state index in [0.717, 1.165) is 29.0 Å². The zero-order chi connectivity index (χ0) is 10.1. The number of allylic oxidation sites excluding steroid dienone is 1. The number of anilines is 1. The molecule has 0 radical (unpaired) electrons. The van der Waals surface area contributed by atoms with E-state index in [0.29, 0.717) is 0 Å². The molecule has 2 heterocycles. The maximum atomic E-state index is 4.44. The Morgan fingerprint density at radius 3 is 3.14 bits per heavy atom. The highest BCUT2D eigenvalue weighted by Crippen LogP contribution is 2.28. The third-order valence-corrected chi connectivity index (χ3v) is 2.89. The van der Waals surface area contributed by atoms with E-state index < -0.39 is 0 Å². The second-order valence-corrected chi connectivity index (χ2v) is 4.54. The van der Waals surface area contributed by atoms with Crippen molar-refractivity contribution in [3.8, 4) is 0 Å². The first-order valence-corrected chi connectivity index (χ1v) is 5.55. The van der Waals surface area contributed by atoms with Crippen LogP contribution in [0.4, 0.5) is 5.82 Å². The van der Waals surface area contributed by atoms with Gasteiger partial charge in [0.05, 0.1) is 0 Å². The highest BCUT2D eigenvalue weighted by atomic mass is 79.9. The number of aromatic nitrogens is 1. The predicted octanol–water partition coefficient (Wildman–Crippen LogP) is 3.13. The van der Waals surface area contributed by atoms with Gasteiger partial charge in [0.15, 0.2) is 0 Å². The molecule has 0 bridgehead atoms. The van der Waals surface area contributed by atoms with Gasteiger partial charge in [-0.2, -0.15) is 0 Å². The molecule has 1 aliphatic heterocycles. The van der Waals surface area contributed by atoms with Crippen molar-refractivity contribution < 1.29 is 0 Å². The van der Waals surface area contributed by atoms with Gasteiger partial charge in [-0.25, -0.2) is 4.98 Å². The average Bonchev–Trinajstić information content (AvgIpc) is 2.16. The molecular weight excluding hydrogens is 240 g/mol. The van der Waals surface area contributed by atoms with Crippen molar-refractivity contribution in [1.29, 1.82) is 0 Å². The Bertz CT molecular complexity index is 374. The summed E-state index contributed by atoms with van der Waals surface area (Å²) in [6.45, 7) is 7.04. The number of rotatable bonds is 1. The fraction of sp³-hybridized carbons (Fsp3) is 0.364. The summed E-state index contributed by atoms with van der Waals surface area (Å²) in [4.78, 5) is 6.63. The van der Waals surface area contributed by atoms with E-state index in [1.165, 1.54) is 12.0 Å². The zero-order valence-electron chi connectivity index (χ0n) is 8.26. The first-order chi connectivity index (χ1) is 6.68. The van der Waals surface area contributed by atoms with Crippen molar-refractivity contribution in [2.24, 2.45) is 0 Å². The zero-order valence-corrected chi connectivity index (χ0v) is 9.84. The number of nitrogens with zero attached hydrogens (tertiary/aromatic N) is 2. The Morgan fingerprint density at radius 1 is 1.64 bits per heavy atom. The smallest absolute Gasteiger partial charge is 0.135 e. The summed E-state index contributed by atoms with van der Waals surface area (Å²) in [5.41, 5.74) is 2.38. The van der Waals surface area contributed by atoms with Crippen molar-refractivity contribution in [3.05, 3.63) is 34.6 Å². The molecule has 0 aliphatic carbocycles. The summed E-state index contributed by atoms with van der Waals surface area (Å²) in [5.74, 6) is 1.08. The van der Waals surface area contributed by atoms with E-state index in [4.69, 9.17) is 0 Å². The highest BCUT2D eigenvalue weighted by molar-refractivity contribution is 9.10. The van der Waals surface area contributed by atoms with E-state index in [-0.39, 0.29) is 0 Å². The van der Waals surface area contributed by atoms with E-state index in [1.807, 2.05) is 13.1 Å². The van der Waals surface area contributed by atoms with Crippen molar-refractivity contribution in [3.63, 3.8) is 0 Å². The molecule has 0 saturated carbocycles. The average molecular weight is 253 g/mol. The second-order valence-electron chi connectivity index (χ2n) is 3.63. The largest absolute Gasteiger partial charge is 0.331 e. The molecule has 0 atom stereocenters. The van der Waals surface area contributed by atoms with Gasteiger partial charge in [-0.1, -0.05) is 6.58 Å². The van der Waals surface area contributed by atoms with Gasteiger partial charge in [-0.15, -0.1) is 0 Å². The molecule has 74 valence electrons. The molecule has 2 rings (SSSR count). The molecule has 3 heteroatoms. The minimum absolute atomic E-state index is 1.04. The number of hydrogen-bond acceptors (Lipinski definition) is 2. The molecule has 0 amide bonds. The summed E-state index contributed by atoms with van der Waals surface area (Å²) >= 11 is 3.44. The monoisotopic (exact) mass is 252 g/mol. The lowest BCUT2D eigenvalue weighted by molar-refractivity contribution is 0.730. The minimum atomic E-state index is 1.04. The van der Waals surface area contributed by atoms with Crippen LogP contribution in [0.15, 0.2) is 29.0 Å². The van der Waals surface area contributed by atoms with E-state index in [2.05, 4.69) is 38.5 Å². The Kier molecular flexibility index (Phi) is 2.59. The Hall–Kier alpha value is -0.830. The summed E-state index contributed by atoms with van der Waals surface area (Å²) < 4.78 is 1.06. The quantitative estimate of drug-likeness (QED) is 0.764. The summed E-state index contributed by atoms with van der Waals surface area (Å²) in [6, 6.07) is 2.15. The molecule has 0 aromatic carbocycles. The van der Waals surface area contributed by atoms with Gasteiger partial charge in [-0.05, 0) is 47.3 Å². The molecular formula is C11H13BrN2. The van der Waals surface area contributed by atoms with Crippen molar-refractivity contribution in [2.45, 2.75) is 19.8 Å². The highest BCUT2D eigenvalue weighted by Gasteiger charge is 2.18. The number of halogens is 1. The van der Waals surface area contributed by atoms with Crippen LogP contribution in [0.25, 0.3) is 0 Å². The molecule has 0 spiro atoms. The molecule has 0 fully saturated rings. The van der Waals surface area contributed by atoms with Crippen LogP contribution in [-0.4, -0.2) is 11.5 Å². The van der Waals surface area contributed by atoms with Gasteiger partial charge in [0, 0.05) is 22.9 Å². The van der Waals surface area contributed by atoms with Crippen LogP contribution in [0, 0.1) is 0 Å². The molecule has 1 aliphatic rings. The van der Waals surface area contributed by atoms with Gasteiger partial charge in [0.2, 0.25) is 0 Å². The van der Waals surface area contributed by atoms with Crippen LogP contribution in [0.3, 0.4) is 0 Å². The second kappa shape index (κ2) is 3.73. The van der Waals surface area contributed by atoms with Crippen LogP contribution in [0.2, 0.25) is 0 Å². The first-order valence-electron chi connectivity index (χ1n) is 4.76. The summed E-state index contributed by atoms with van der Waals surface area (Å²) in [7, 11) is 0. The standard InChI is InChI=1S/C11H13BrN2/c1-8(2)14-5-3-4-9-6-10(12)7-13-11(9)14/h6-7H,1,3-5H2,2H3. The van der Waals surface area contributed by atoms with Gasteiger partial charge < -0.3 is 4.90 Å². The van der Waals surface area contributed by atoms with E-state index in [9.17, 15) is 0 Å². The van der Waals surface area contributed by atoms with Crippen LogP contribution in [0.5, 0.6) is 0 Å². The first kappa shape index (κ1) is 9.71. The number of aryl methyl sites for hydroxylation is 1. The van der Waals surface area contributed by atoms with Gasteiger partial charge in [0.1, 0.15) is 5.82 Å². The number of pyridine rings is 1. The molecule has 0 N–H and O–H groups in total. The molecule has 2 nitrogen and oxygen atoms in total. The fourth-order valence-electron chi connectivity index (χ4n) is 1.81. The van der Waals surface area contributed by atoms with Crippen molar-refractivity contribution in [1.82, 2.24) is 4.98 Å². The van der Waals surface area contributed by atoms with Crippen LogP contribution < -0.4 is 4.90 Å². The van der Waals surface area contributed by atoms with Gasteiger partial charge in [0.25, 0.3) is 0 Å². The molecule has 0 unspecified atom stereocenters. The van der Waals surface area contributed by atoms with Crippen LogP contribution in [-0.2, 0) is 6.42 Å². The predicted molar refractivity (Wildman–Crippen MR) is 62.4 cm³/mol. The Labute approximate surface area is 92.8 Å². The lowest BCUT2D eigenvalue weighted by atomic mass is 10.1. The molecule has 14 heavy (non-hydrogen) atoms. The molecule has 1 aromatic rings. The SMILES string of the molecule is C=C(C)N1CCCc2cc(Br)cnc21. The van der Waals surface area contributed by atoms with E-state index in [1.54, 1.807) is 0 Å². The summed E-state index contributed by atoms with van der Waals surface area (Å²) in [5, 5.41) is 0. The normalized spacial score (nSPS) is 15.1. The van der Waals surface area contributed by atoms with Crippen LogP contribution >= 0.6 is 15.9 Å². The third-order valence-electron chi connectivity index (χ3n) is 2.45. The Morgan fingerprint density at radius 2 is 2.43 bits per heavy atom. The summed E-state index contributed by atoms with van der Waals surface area (Å²) in [6.07, 6.45) is 4.14. The number of fused-ring (bicyclic) bond motifs is 1. The minimum Gasteiger partial charge on any atom is -0.331 e. The third kappa shape index (κ3) is 1.69. The number of hydrogen-bond donors (Lipinski definition) is 0. The van der Waals surface area contributed by atoms with E-state index >= 15 is 0 Å². The van der Waals surface area contributed by atoms with Crippen molar-refractivity contribution >= 4 is 21.7 Å². The topological polar surface area (TPSA) is 16.1 Å². The maximum absolute atomic E-state index is 4.44. The van der Waals surface area contributed by atoms with Crippen molar-refractivity contribution in [2.75, 3.05) is 11.4 Å².